The van der Waals surface area contributed by atoms with Crippen molar-refractivity contribution in [2.75, 3.05) is 18.0 Å². The maximum Gasteiger partial charge on any atom is 0.387 e. The zero-order valence-corrected chi connectivity index (χ0v) is 17.5. The van der Waals surface area contributed by atoms with Crippen molar-refractivity contribution in [1.82, 2.24) is 29.5 Å². The van der Waals surface area contributed by atoms with Crippen LogP contribution in [-0.2, 0) is 0 Å². The van der Waals surface area contributed by atoms with Gasteiger partial charge < -0.3 is 19.4 Å². The van der Waals surface area contributed by atoms with Crippen LogP contribution in [0.2, 0.25) is 0 Å². The van der Waals surface area contributed by atoms with E-state index in [9.17, 15) is 27.2 Å². The number of aromatic nitrogens is 6. The summed E-state index contributed by atoms with van der Waals surface area (Å²) in [5.74, 6) is -3.75. The second-order valence-corrected chi connectivity index (χ2v) is 7.55. The molecule has 5 rings (SSSR count). The molecule has 0 bridgehead atoms. The Hall–Kier alpha value is -4.43. The summed E-state index contributed by atoms with van der Waals surface area (Å²) < 4.78 is 65.2. The summed E-state index contributed by atoms with van der Waals surface area (Å²) in [5.41, 5.74) is -0.751. The molecule has 1 unspecified atom stereocenters. The minimum absolute atomic E-state index is 0.0236. The second-order valence-electron chi connectivity index (χ2n) is 7.55. The number of H-pyrrole nitrogens is 2. The largest absolute Gasteiger partial charge is 0.466 e. The summed E-state index contributed by atoms with van der Waals surface area (Å²) in [6.45, 7) is -4.07. The molecule has 4 aromatic rings. The van der Waals surface area contributed by atoms with Crippen LogP contribution in [0.15, 0.2) is 52.6 Å². The first kappa shape index (κ1) is 22.4. The fraction of sp³-hybridized carbons (Fsp3) is 0.250. The summed E-state index contributed by atoms with van der Waals surface area (Å²) >= 11 is 0. The Morgan fingerprint density at radius 2 is 2.03 bits per heavy atom. The molecule has 1 atom stereocenters. The zero-order valence-electron chi connectivity index (χ0n) is 17.5. The summed E-state index contributed by atoms with van der Waals surface area (Å²) in [4.78, 5) is 37.3. The van der Waals surface area contributed by atoms with Crippen LogP contribution in [0.1, 0.15) is 0 Å². The lowest BCUT2D eigenvalue weighted by Gasteiger charge is -2.19. The van der Waals surface area contributed by atoms with Gasteiger partial charge in [-0.1, -0.05) is 0 Å². The SMILES string of the molecule is O=c1[nH]cc(-c2cc(N3CC(Oc4ccc(OC(F)F)cn4)C(F)(F)C3)c3nccn3n2)c(=O)[nH]1. The molecule has 1 saturated heterocycles. The van der Waals surface area contributed by atoms with Gasteiger partial charge in [-0.15, -0.1) is 0 Å². The van der Waals surface area contributed by atoms with Gasteiger partial charge in [-0.2, -0.15) is 13.9 Å². The van der Waals surface area contributed by atoms with Crippen LogP contribution in [0, 0.1) is 0 Å². The number of anilines is 1. The van der Waals surface area contributed by atoms with Gasteiger partial charge in [-0.05, 0) is 12.1 Å². The number of hydrogen-bond donors (Lipinski definition) is 2. The van der Waals surface area contributed by atoms with E-state index < -0.39 is 36.4 Å². The number of rotatable bonds is 6. The Morgan fingerprint density at radius 3 is 2.74 bits per heavy atom. The second kappa shape index (κ2) is 8.41. The molecule has 15 heteroatoms. The molecule has 0 radical (unpaired) electrons. The van der Waals surface area contributed by atoms with Crippen LogP contribution in [0.3, 0.4) is 0 Å². The van der Waals surface area contributed by atoms with E-state index in [0.717, 1.165) is 18.3 Å². The van der Waals surface area contributed by atoms with Gasteiger partial charge in [0.25, 0.3) is 5.56 Å². The minimum atomic E-state index is -3.32. The van der Waals surface area contributed by atoms with Gasteiger partial charge in [-0.3, -0.25) is 9.78 Å². The summed E-state index contributed by atoms with van der Waals surface area (Å²) in [6, 6.07) is 3.69. The normalized spacial score (nSPS) is 17.3. The van der Waals surface area contributed by atoms with Crippen LogP contribution in [0.25, 0.3) is 16.9 Å². The molecule has 4 aromatic heterocycles. The monoisotopic (exact) mass is 493 g/mol. The van der Waals surface area contributed by atoms with Gasteiger partial charge in [-0.25, -0.2) is 28.1 Å². The molecule has 182 valence electrons. The summed E-state index contributed by atoms with van der Waals surface area (Å²) in [5, 5.41) is 4.27. The molecule has 5 heterocycles. The van der Waals surface area contributed by atoms with Crippen molar-refractivity contribution < 1.29 is 27.0 Å². The first-order valence-electron chi connectivity index (χ1n) is 10.1. The fourth-order valence-electron chi connectivity index (χ4n) is 3.68. The first-order chi connectivity index (χ1) is 16.7. The van der Waals surface area contributed by atoms with Crippen LogP contribution >= 0.6 is 0 Å². The molecular formula is C20H15F4N7O4. The maximum atomic E-state index is 14.9. The van der Waals surface area contributed by atoms with E-state index in [4.69, 9.17) is 4.74 Å². The van der Waals surface area contributed by atoms with Gasteiger partial charge in [0.15, 0.2) is 11.8 Å². The van der Waals surface area contributed by atoms with Crippen molar-refractivity contribution in [2.24, 2.45) is 0 Å². The molecule has 0 amide bonds. The number of pyridine rings is 1. The maximum absolute atomic E-state index is 14.9. The summed E-state index contributed by atoms with van der Waals surface area (Å²) in [6.07, 6.45) is 3.39. The van der Waals surface area contributed by atoms with E-state index in [-0.39, 0.29) is 40.8 Å². The van der Waals surface area contributed by atoms with Crippen molar-refractivity contribution in [1.29, 1.82) is 0 Å². The lowest BCUT2D eigenvalue weighted by Crippen LogP contribution is -2.36. The smallest absolute Gasteiger partial charge is 0.387 e. The Morgan fingerprint density at radius 1 is 1.20 bits per heavy atom. The molecule has 1 aliphatic heterocycles. The number of fused-ring (bicyclic) bond motifs is 1. The van der Waals surface area contributed by atoms with E-state index in [1.807, 2.05) is 0 Å². The predicted octanol–water partition coefficient (Wildman–Crippen LogP) is 1.67. The Balaban J connectivity index is 1.45. The number of alkyl halides is 4. The Bertz CT molecular complexity index is 1490. The summed E-state index contributed by atoms with van der Waals surface area (Å²) in [7, 11) is 0. The van der Waals surface area contributed by atoms with E-state index in [1.165, 1.54) is 34.1 Å². The van der Waals surface area contributed by atoms with Gasteiger partial charge in [0.2, 0.25) is 5.88 Å². The quantitative estimate of drug-likeness (QED) is 0.388. The number of nitrogens with zero attached hydrogens (tertiary/aromatic N) is 5. The van der Waals surface area contributed by atoms with Crippen molar-refractivity contribution in [3.63, 3.8) is 0 Å². The number of imidazole rings is 1. The molecule has 0 aliphatic carbocycles. The standard InChI is InChI=1S/C20H15F4N7O4/c21-18(22)34-10-1-2-15(26-6-10)35-14-8-30(9-20(14,23)24)13-5-12(29-31-4-3-25-16(13)31)11-7-27-19(33)28-17(11)32/h1-7,14,18H,8-9H2,(H2,27,28,32,33). The molecule has 0 saturated carbocycles. The van der Waals surface area contributed by atoms with Crippen LogP contribution in [0.5, 0.6) is 11.6 Å². The van der Waals surface area contributed by atoms with Crippen molar-refractivity contribution in [3.05, 3.63) is 63.8 Å². The van der Waals surface area contributed by atoms with Crippen molar-refractivity contribution in [3.8, 4) is 22.9 Å². The highest BCUT2D eigenvalue weighted by atomic mass is 19.3. The van der Waals surface area contributed by atoms with E-state index in [1.54, 1.807) is 0 Å². The Kier molecular flexibility index (Phi) is 5.37. The number of halogens is 4. The molecule has 35 heavy (non-hydrogen) atoms. The van der Waals surface area contributed by atoms with Crippen LogP contribution in [0.4, 0.5) is 23.2 Å². The van der Waals surface area contributed by atoms with Gasteiger partial charge >= 0.3 is 18.2 Å². The average molecular weight is 493 g/mol. The fourth-order valence-corrected chi connectivity index (χ4v) is 3.68. The zero-order chi connectivity index (χ0) is 24.7. The highest BCUT2D eigenvalue weighted by Crippen LogP contribution is 2.36. The number of aromatic amines is 2. The molecule has 0 spiro atoms. The van der Waals surface area contributed by atoms with Crippen molar-refractivity contribution in [2.45, 2.75) is 18.6 Å². The molecule has 1 fully saturated rings. The van der Waals surface area contributed by atoms with E-state index in [0.29, 0.717) is 0 Å². The third-order valence-electron chi connectivity index (χ3n) is 5.23. The predicted molar refractivity (Wildman–Crippen MR) is 112 cm³/mol. The van der Waals surface area contributed by atoms with Gasteiger partial charge in [0.1, 0.15) is 11.4 Å². The van der Waals surface area contributed by atoms with Crippen molar-refractivity contribution >= 4 is 11.3 Å². The molecule has 2 N–H and O–H groups in total. The third-order valence-corrected chi connectivity index (χ3v) is 5.23. The van der Waals surface area contributed by atoms with E-state index in [2.05, 4.69) is 29.8 Å². The third kappa shape index (κ3) is 4.39. The average Bonchev–Trinajstić information content (AvgIpc) is 3.38. The molecule has 11 nitrogen and oxygen atoms in total. The number of hydrogen-bond acceptors (Lipinski definition) is 8. The van der Waals surface area contributed by atoms with Gasteiger partial charge in [0.05, 0.1) is 30.5 Å². The topological polar surface area (TPSA) is 130 Å². The van der Waals surface area contributed by atoms with Gasteiger partial charge in [0, 0.05) is 24.7 Å². The number of nitrogens with one attached hydrogen (secondary N) is 2. The molecule has 0 aromatic carbocycles. The highest BCUT2D eigenvalue weighted by molar-refractivity contribution is 5.74. The lowest BCUT2D eigenvalue weighted by molar-refractivity contribution is -0.0612. The highest BCUT2D eigenvalue weighted by Gasteiger charge is 2.51. The lowest BCUT2D eigenvalue weighted by atomic mass is 10.2. The minimum Gasteiger partial charge on any atom is -0.466 e. The van der Waals surface area contributed by atoms with Crippen LogP contribution in [-0.4, -0.2) is 61.3 Å². The first-order valence-corrected chi connectivity index (χ1v) is 10.1. The Labute approximate surface area is 192 Å². The molecular weight excluding hydrogens is 478 g/mol. The molecule has 1 aliphatic rings. The number of ether oxygens (including phenoxy) is 2. The van der Waals surface area contributed by atoms with E-state index >= 15 is 0 Å². The van der Waals surface area contributed by atoms with Crippen LogP contribution < -0.4 is 25.6 Å².